The van der Waals surface area contributed by atoms with Gasteiger partial charge < -0.3 is 9.47 Å². The number of Topliss-reactive ketones (excluding diaryl/α,β-unsaturated/α-hetero) is 1. The van der Waals surface area contributed by atoms with E-state index in [0.717, 1.165) is 36.5 Å². The lowest BCUT2D eigenvalue weighted by Crippen LogP contribution is -2.44. The standard InChI is InChI=1S/C23H30FN3O2/c1-15-8-9-19(12-21(15)24)27-16(2)11-20(17(27)3)22(28)14-26-10-6-7-18(13-26)23(29)25(4)5/h8-9,11-12,18H,6-7,10,13-14H2,1-5H3. The zero-order chi connectivity index (χ0) is 21.3. The zero-order valence-electron chi connectivity index (χ0n) is 18.0. The highest BCUT2D eigenvalue weighted by atomic mass is 19.1. The number of hydrogen-bond acceptors (Lipinski definition) is 3. The van der Waals surface area contributed by atoms with Gasteiger partial charge in [-0.3, -0.25) is 14.5 Å². The van der Waals surface area contributed by atoms with Gasteiger partial charge in [0.25, 0.3) is 0 Å². The molecule has 0 radical (unpaired) electrons. The number of benzene rings is 1. The maximum atomic E-state index is 14.0. The summed E-state index contributed by atoms with van der Waals surface area (Å²) in [4.78, 5) is 29.0. The van der Waals surface area contributed by atoms with Crippen LogP contribution in [-0.2, 0) is 4.79 Å². The third kappa shape index (κ3) is 4.42. The van der Waals surface area contributed by atoms with E-state index in [9.17, 15) is 14.0 Å². The molecule has 0 N–H and O–H groups in total. The van der Waals surface area contributed by atoms with Gasteiger partial charge >= 0.3 is 0 Å². The van der Waals surface area contributed by atoms with Crippen LogP contribution in [0.4, 0.5) is 4.39 Å². The van der Waals surface area contributed by atoms with Crippen LogP contribution in [-0.4, -0.2) is 59.8 Å². The van der Waals surface area contributed by atoms with Crippen LogP contribution >= 0.6 is 0 Å². The van der Waals surface area contributed by atoms with Gasteiger partial charge in [0.05, 0.1) is 12.5 Å². The van der Waals surface area contributed by atoms with Crippen molar-refractivity contribution in [3.05, 3.63) is 52.6 Å². The number of hydrogen-bond donors (Lipinski definition) is 0. The van der Waals surface area contributed by atoms with Crippen LogP contribution < -0.4 is 0 Å². The first-order chi connectivity index (χ1) is 13.7. The van der Waals surface area contributed by atoms with Gasteiger partial charge in [0.2, 0.25) is 5.91 Å². The van der Waals surface area contributed by atoms with E-state index in [1.54, 1.807) is 32.0 Å². The number of ketones is 1. The van der Waals surface area contributed by atoms with Gasteiger partial charge in [-0.1, -0.05) is 6.07 Å². The molecule has 0 aliphatic carbocycles. The highest BCUT2D eigenvalue weighted by Gasteiger charge is 2.28. The average molecular weight is 400 g/mol. The molecular weight excluding hydrogens is 369 g/mol. The number of aromatic nitrogens is 1. The monoisotopic (exact) mass is 399 g/mol. The molecule has 0 saturated carbocycles. The number of aryl methyl sites for hydroxylation is 2. The van der Waals surface area contributed by atoms with E-state index < -0.39 is 0 Å². The summed E-state index contributed by atoms with van der Waals surface area (Å²) in [5.41, 5.74) is 3.68. The lowest BCUT2D eigenvalue weighted by molar-refractivity contribution is -0.134. The van der Waals surface area contributed by atoms with Crippen molar-refractivity contribution >= 4 is 11.7 Å². The summed E-state index contributed by atoms with van der Waals surface area (Å²) in [6, 6.07) is 7.00. The fraction of sp³-hybridized carbons (Fsp3) is 0.478. The summed E-state index contributed by atoms with van der Waals surface area (Å²) in [5.74, 6) is -0.140. The maximum Gasteiger partial charge on any atom is 0.226 e. The summed E-state index contributed by atoms with van der Waals surface area (Å²) >= 11 is 0. The molecule has 1 aromatic carbocycles. The molecule has 1 aliphatic heterocycles. The van der Waals surface area contributed by atoms with Crippen LogP contribution in [0.1, 0.15) is 40.2 Å². The summed E-state index contributed by atoms with van der Waals surface area (Å²) in [7, 11) is 3.55. The third-order valence-corrected chi connectivity index (χ3v) is 5.81. The molecule has 5 nitrogen and oxygen atoms in total. The van der Waals surface area contributed by atoms with Crippen molar-refractivity contribution in [2.75, 3.05) is 33.7 Å². The zero-order valence-corrected chi connectivity index (χ0v) is 18.0. The van der Waals surface area contributed by atoms with E-state index in [0.29, 0.717) is 24.2 Å². The number of halogens is 1. The van der Waals surface area contributed by atoms with Crippen molar-refractivity contribution in [3.63, 3.8) is 0 Å². The summed E-state index contributed by atoms with van der Waals surface area (Å²) in [6.45, 7) is 7.29. The fourth-order valence-corrected chi connectivity index (χ4v) is 4.22. The minimum absolute atomic E-state index is 0.0369. The predicted molar refractivity (Wildman–Crippen MR) is 112 cm³/mol. The van der Waals surface area contributed by atoms with Gasteiger partial charge in [0.1, 0.15) is 5.82 Å². The first kappa shape index (κ1) is 21.2. The molecule has 2 aromatic rings. The number of carbonyl (C=O) groups is 2. The van der Waals surface area contributed by atoms with Crippen molar-refractivity contribution < 1.29 is 14.0 Å². The molecule has 1 aliphatic rings. The molecule has 3 rings (SSSR count). The molecule has 1 unspecified atom stereocenters. The molecule has 1 amide bonds. The van der Waals surface area contributed by atoms with Gasteiger partial charge in [0.15, 0.2) is 5.78 Å². The van der Waals surface area contributed by atoms with E-state index in [-0.39, 0.29) is 23.4 Å². The van der Waals surface area contributed by atoms with Crippen LogP contribution in [0.15, 0.2) is 24.3 Å². The van der Waals surface area contributed by atoms with Crippen molar-refractivity contribution in [3.8, 4) is 5.69 Å². The van der Waals surface area contributed by atoms with E-state index in [4.69, 9.17) is 0 Å². The number of piperidine rings is 1. The molecule has 1 atom stereocenters. The van der Waals surface area contributed by atoms with Crippen molar-refractivity contribution in [1.29, 1.82) is 0 Å². The quantitative estimate of drug-likeness (QED) is 0.723. The third-order valence-electron chi connectivity index (χ3n) is 5.81. The Morgan fingerprint density at radius 1 is 1.17 bits per heavy atom. The van der Waals surface area contributed by atoms with Crippen LogP contribution in [0, 0.1) is 32.5 Å². The topological polar surface area (TPSA) is 45.6 Å². The normalized spacial score (nSPS) is 17.4. The number of rotatable bonds is 5. The Bertz CT molecular complexity index is 932. The van der Waals surface area contributed by atoms with Crippen LogP contribution in [0.3, 0.4) is 0 Å². The highest BCUT2D eigenvalue weighted by Crippen LogP contribution is 2.24. The van der Waals surface area contributed by atoms with Crippen LogP contribution in [0.2, 0.25) is 0 Å². The maximum absolute atomic E-state index is 14.0. The molecule has 6 heteroatoms. The Balaban J connectivity index is 1.78. The fourth-order valence-electron chi connectivity index (χ4n) is 4.22. The Morgan fingerprint density at radius 3 is 2.55 bits per heavy atom. The minimum Gasteiger partial charge on any atom is -0.349 e. The molecule has 0 spiro atoms. The van der Waals surface area contributed by atoms with Crippen molar-refractivity contribution in [1.82, 2.24) is 14.4 Å². The second-order valence-electron chi connectivity index (χ2n) is 8.28. The highest BCUT2D eigenvalue weighted by molar-refractivity contribution is 5.99. The lowest BCUT2D eigenvalue weighted by Gasteiger charge is -2.32. The molecule has 29 heavy (non-hydrogen) atoms. The van der Waals surface area contributed by atoms with Crippen molar-refractivity contribution in [2.45, 2.75) is 33.6 Å². The molecule has 156 valence electrons. The van der Waals surface area contributed by atoms with Crippen LogP contribution in [0.5, 0.6) is 0 Å². The Labute approximate surface area is 172 Å². The lowest BCUT2D eigenvalue weighted by atomic mass is 9.96. The van der Waals surface area contributed by atoms with Gasteiger partial charge in [-0.25, -0.2) is 4.39 Å². The van der Waals surface area contributed by atoms with E-state index >= 15 is 0 Å². The molecular formula is C23H30FN3O2. The van der Waals surface area contributed by atoms with Gasteiger partial charge in [0, 0.05) is 43.3 Å². The molecule has 2 heterocycles. The number of likely N-dealkylation sites (tertiary alicyclic amines) is 1. The van der Waals surface area contributed by atoms with Gasteiger partial charge in [-0.15, -0.1) is 0 Å². The Hall–Kier alpha value is -2.47. The molecule has 1 saturated heterocycles. The number of amides is 1. The van der Waals surface area contributed by atoms with Gasteiger partial charge in [-0.2, -0.15) is 0 Å². The summed E-state index contributed by atoms with van der Waals surface area (Å²) in [6.07, 6.45) is 1.79. The Kier molecular flexibility index (Phi) is 6.22. The van der Waals surface area contributed by atoms with E-state index in [2.05, 4.69) is 4.90 Å². The van der Waals surface area contributed by atoms with Gasteiger partial charge in [-0.05, 0) is 63.9 Å². The van der Waals surface area contributed by atoms with Crippen LogP contribution in [0.25, 0.3) is 5.69 Å². The predicted octanol–water partition coefficient (Wildman–Crippen LogP) is 3.52. The summed E-state index contributed by atoms with van der Waals surface area (Å²) in [5, 5.41) is 0. The largest absolute Gasteiger partial charge is 0.349 e. The summed E-state index contributed by atoms with van der Waals surface area (Å²) < 4.78 is 16.0. The minimum atomic E-state index is -0.257. The first-order valence-electron chi connectivity index (χ1n) is 10.1. The second kappa shape index (κ2) is 8.49. The molecule has 1 aromatic heterocycles. The smallest absolute Gasteiger partial charge is 0.226 e. The number of carbonyl (C=O) groups excluding carboxylic acids is 2. The van der Waals surface area contributed by atoms with E-state index in [1.165, 1.54) is 6.07 Å². The second-order valence-corrected chi connectivity index (χ2v) is 8.28. The SMILES string of the molecule is Cc1ccc(-n2c(C)cc(C(=O)CN3CCCC(C(=O)N(C)C)C3)c2C)cc1F. The van der Waals surface area contributed by atoms with Crippen molar-refractivity contribution in [2.24, 2.45) is 5.92 Å². The molecule has 0 bridgehead atoms. The average Bonchev–Trinajstić information content (AvgIpc) is 2.98. The molecule has 1 fully saturated rings. The van der Waals surface area contributed by atoms with E-state index in [1.807, 2.05) is 30.5 Å². The number of nitrogens with zero attached hydrogens (tertiary/aromatic N) is 3. The Morgan fingerprint density at radius 2 is 1.90 bits per heavy atom. The first-order valence-corrected chi connectivity index (χ1v) is 10.1.